The Bertz CT molecular complexity index is 768. The van der Waals surface area contributed by atoms with Crippen LogP contribution in [0.1, 0.15) is 23.6 Å². The fourth-order valence-electron chi connectivity index (χ4n) is 2.88. The molecule has 2 rings (SSSR count). The highest BCUT2D eigenvalue weighted by Crippen LogP contribution is 2.14. The van der Waals surface area contributed by atoms with Gasteiger partial charge in [-0.3, -0.25) is 4.79 Å². The molecule has 0 aromatic heterocycles. The van der Waals surface area contributed by atoms with E-state index in [0.29, 0.717) is 5.56 Å². The summed E-state index contributed by atoms with van der Waals surface area (Å²) in [5.74, 6) is -1.40. The van der Waals surface area contributed by atoms with Crippen molar-refractivity contribution in [2.75, 3.05) is 6.54 Å². The third-order valence-electron chi connectivity index (χ3n) is 4.34. The molecule has 146 valence electrons. The number of nitrogens with two attached hydrogens (primary N) is 1. The molecule has 0 aliphatic heterocycles. The third-order valence-corrected chi connectivity index (χ3v) is 4.62. The van der Waals surface area contributed by atoms with Crippen LogP contribution in [0.2, 0.25) is 0 Å². The smallest absolute Gasteiger partial charge is 0.278 e. The Labute approximate surface area is 163 Å². The van der Waals surface area contributed by atoms with Crippen LogP contribution in [0.15, 0.2) is 42.5 Å². The molecule has 0 spiro atoms. The van der Waals surface area contributed by atoms with Crippen molar-refractivity contribution in [3.05, 3.63) is 70.8 Å². The topological polar surface area (TPSA) is 66.6 Å². The third kappa shape index (κ3) is 6.61. The Morgan fingerprint density at radius 3 is 2.37 bits per heavy atom. The zero-order valence-corrected chi connectivity index (χ0v) is 16.0. The van der Waals surface area contributed by atoms with E-state index in [9.17, 15) is 18.7 Å². The van der Waals surface area contributed by atoms with Gasteiger partial charge in [0.1, 0.15) is 11.6 Å². The molecule has 0 saturated heterocycles. The minimum absolute atomic E-state index is 0.0301. The molecule has 0 aliphatic rings. The molecule has 4 nitrogen and oxygen atoms in total. The van der Waals surface area contributed by atoms with Gasteiger partial charge in [0.25, 0.3) is 5.24 Å². The second kappa shape index (κ2) is 9.82. The Kier molecular flexibility index (Phi) is 7.77. The second-order valence-corrected chi connectivity index (χ2v) is 6.93. The molecule has 27 heavy (non-hydrogen) atoms. The van der Waals surface area contributed by atoms with Crippen molar-refractivity contribution in [2.45, 2.75) is 38.5 Å². The molecule has 2 aromatic rings. The van der Waals surface area contributed by atoms with Gasteiger partial charge in [-0.15, -0.1) is 0 Å². The first-order valence-electron chi connectivity index (χ1n) is 8.72. The summed E-state index contributed by atoms with van der Waals surface area (Å²) in [5, 5.41) is 9.89. The summed E-state index contributed by atoms with van der Waals surface area (Å²) in [6, 6.07) is 10.1. The Balaban J connectivity index is 2.02. The molecule has 2 aromatic carbocycles. The monoisotopic (exact) mass is 394 g/mol. The van der Waals surface area contributed by atoms with Crippen LogP contribution < -0.4 is 5.73 Å². The predicted octanol–water partition coefficient (Wildman–Crippen LogP) is 3.31. The minimum atomic E-state index is -1.07. The Hall–Kier alpha value is -1.96. The molecule has 2 atom stereocenters. The van der Waals surface area contributed by atoms with Gasteiger partial charge in [-0.2, -0.15) is 0 Å². The highest BCUT2D eigenvalue weighted by molar-refractivity contribution is 7.96. The highest BCUT2D eigenvalue weighted by atomic mass is 32.1. The van der Waals surface area contributed by atoms with Crippen LogP contribution in [0.4, 0.5) is 13.6 Å². The molecule has 0 heterocycles. The van der Waals surface area contributed by atoms with Crippen LogP contribution in [0, 0.1) is 11.6 Å². The van der Waals surface area contributed by atoms with Crippen molar-refractivity contribution in [1.29, 1.82) is 0 Å². The molecule has 0 aliphatic carbocycles. The number of carbonyl (C=O) groups excluding carboxylic acids is 1. The first kappa shape index (κ1) is 21.3. The van der Waals surface area contributed by atoms with Crippen LogP contribution in [0.5, 0.6) is 0 Å². The van der Waals surface area contributed by atoms with Crippen LogP contribution in [-0.4, -0.2) is 33.9 Å². The van der Waals surface area contributed by atoms with Gasteiger partial charge >= 0.3 is 0 Å². The summed E-state index contributed by atoms with van der Waals surface area (Å²) >= 11 is 3.88. The maximum atomic E-state index is 13.3. The number of rotatable bonds is 8. The second-order valence-electron chi connectivity index (χ2n) is 6.55. The first-order chi connectivity index (χ1) is 12.8. The summed E-state index contributed by atoms with van der Waals surface area (Å²) < 4.78 is 26.6. The van der Waals surface area contributed by atoms with Gasteiger partial charge in [0.2, 0.25) is 0 Å². The van der Waals surface area contributed by atoms with E-state index in [2.05, 4.69) is 12.6 Å². The lowest BCUT2D eigenvalue weighted by molar-refractivity contribution is 0.104. The average molecular weight is 394 g/mol. The van der Waals surface area contributed by atoms with Crippen molar-refractivity contribution < 1.29 is 18.7 Å². The summed E-state index contributed by atoms with van der Waals surface area (Å²) in [6.45, 7) is 2.30. The van der Waals surface area contributed by atoms with Crippen molar-refractivity contribution in [3.63, 3.8) is 0 Å². The summed E-state index contributed by atoms with van der Waals surface area (Å²) in [5.41, 5.74) is 8.39. The molecule has 0 unspecified atom stereocenters. The van der Waals surface area contributed by atoms with Gasteiger partial charge in [-0.05, 0) is 41.7 Å². The number of benzene rings is 2. The van der Waals surface area contributed by atoms with Crippen LogP contribution in [0.3, 0.4) is 0 Å². The molecule has 0 fully saturated rings. The van der Waals surface area contributed by atoms with Gasteiger partial charge in [0, 0.05) is 25.2 Å². The largest absolute Gasteiger partial charge is 0.390 e. The zero-order valence-electron chi connectivity index (χ0n) is 15.1. The fraction of sp³-hybridized carbons (Fsp3) is 0.350. The van der Waals surface area contributed by atoms with Crippen LogP contribution >= 0.6 is 12.6 Å². The Morgan fingerprint density at radius 2 is 1.78 bits per heavy atom. The standard InChI is InChI=1S/C20H24F2N2O2S/c1-2-13-4-3-5-14(6-13)11-24(20(26)27)12-19(25)18(23)9-15-7-16(21)10-17(22)8-15/h3-8,10,18-19,25H,2,9,11-12,23H2,1H3,(H,26,27)/t18-,19+/m0/s1. The minimum Gasteiger partial charge on any atom is -0.390 e. The maximum Gasteiger partial charge on any atom is 0.278 e. The first-order valence-corrected chi connectivity index (χ1v) is 9.17. The van der Waals surface area contributed by atoms with E-state index in [1.807, 2.05) is 31.2 Å². The molecule has 0 bridgehead atoms. The number of aryl methyl sites for hydroxylation is 1. The molecule has 7 heteroatoms. The van der Waals surface area contributed by atoms with Crippen LogP contribution in [-0.2, 0) is 19.4 Å². The van der Waals surface area contributed by atoms with Crippen molar-refractivity contribution in [3.8, 4) is 0 Å². The number of aliphatic hydroxyl groups is 1. The van der Waals surface area contributed by atoms with E-state index in [1.165, 1.54) is 17.0 Å². The number of thiol groups is 1. The van der Waals surface area contributed by atoms with Crippen molar-refractivity contribution >= 4 is 17.9 Å². The number of halogens is 2. The number of aliphatic hydroxyl groups excluding tert-OH is 1. The average Bonchev–Trinajstić information content (AvgIpc) is 2.60. The molecule has 1 amide bonds. The van der Waals surface area contributed by atoms with E-state index in [-0.39, 0.29) is 19.5 Å². The number of amides is 1. The van der Waals surface area contributed by atoms with Crippen molar-refractivity contribution in [1.82, 2.24) is 4.90 Å². The quantitative estimate of drug-likeness (QED) is 0.602. The van der Waals surface area contributed by atoms with E-state index in [0.717, 1.165) is 23.6 Å². The maximum absolute atomic E-state index is 13.3. The Morgan fingerprint density at radius 1 is 1.15 bits per heavy atom. The van der Waals surface area contributed by atoms with Gasteiger partial charge in [-0.25, -0.2) is 8.78 Å². The van der Waals surface area contributed by atoms with E-state index >= 15 is 0 Å². The SMILES string of the molecule is CCc1cccc(CN(C[C@@H](O)[C@@H](N)Cc2cc(F)cc(F)c2)C(=O)S)c1. The van der Waals surface area contributed by atoms with Crippen LogP contribution in [0.25, 0.3) is 0 Å². The van der Waals surface area contributed by atoms with Gasteiger partial charge in [0.05, 0.1) is 6.10 Å². The van der Waals surface area contributed by atoms with Gasteiger partial charge in [0.15, 0.2) is 0 Å². The molecule has 0 saturated carbocycles. The lowest BCUT2D eigenvalue weighted by Crippen LogP contribution is -2.45. The summed E-state index contributed by atoms with van der Waals surface area (Å²) in [6.07, 6.45) is -0.113. The lowest BCUT2D eigenvalue weighted by Gasteiger charge is -2.27. The van der Waals surface area contributed by atoms with Gasteiger partial charge in [-0.1, -0.05) is 43.8 Å². The fourth-order valence-corrected chi connectivity index (χ4v) is 3.03. The molecule has 0 radical (unpaired) electrons. The van der Waals surface area contributed by atoms with E-state index in [4.69, 9.17) is 5.73 Å². The van der Waals surface area contributed by atoms with E-state index in [1.54, 1.807) is 0 Å². The highest BCUT2D eigenvalue weighted by Gasteiger charge is 2.21. The molecular formula is C20H24F2N2O2S. The zero-order chi connectivity index (χ0) is 20.0. The predicted molar refractivity (Wildman–Crippen MR) is 105 cm³/mol. The normalized spacial score (nSPS) is 13.3. The lowest BCUT2D eigenvalue weighted by atomic mass is 10.0. The number of carbonyl (C=O) groups is 1. The van der Waals surface area contributed by atoms with Crippen molar-refractivity contribution in [2.24, 2.45) is 5.73 Å². The summed E-state index contributed by atoms with van der Waals surface area (Å²) in [4.78, 5) is 13.2. The number of nitrogens with zero attached hydrogens (tertiary/aromatic N) is 1. The van der Waals surface area contributed by atoms with E-state index < -0.39 is 29.0 Å². The molecule has 3 N–H and O–H groups in total. The van der Waals surface area contributed by atoms with Gasteiger partial charge < -0.3 is 15.7 Å². The number of hydrogen-bond donors (Lipinski definition) is 3. The number of hydrogen-bond acceptors (Lipinski definition) is 3. The summed E-state index contributed by atoms with van der Waals surface area (Å²) in [7, 11) is 0. The molecular weight excluding hydrogens is 370 g/mol.